The van der Waals surface area contributed by atoms with Crippen molar-refractivity contribution >= 4 is 55.2 Å². The van der Waals surface area contributed by atoms with Crippen LogP contribution in [0.15, 0.2) is 28.1 Å². The fourth-order valence-corrected chi connectivity index (χ4v) is 3.08. The Hall–Kier alpha value is -0.710. The molecular weight excluding hydrogens is 320 g/mol. The summed E-state index contributed by atoms with van der Waals surface area (Å²) < 4.78 is 1.10. The first-order valence-corrected chi connectivity index (χ1v) is 7.02. The number of halogens is 2. The zero-order valence-corrected chi connectivity index (χ0v) is 12.7. The van der Waals surface area contributed by atoms with Gasteiger partial charge in [0.15, 0.2) is 0 Å². The lowest BCUT2D eigenvalue weighted by Gasteiger charge is -2.20. The minimum absolute atomic E-state index is 0.688. The van der Waals surface area contributed by atoms with Gasteiger partial charge in [-0.3, -0.25) is 0 Å². The Morgan fingerprint density at radius 3 is 2.65 bits per heavy atom. The molecule has 0 amide bonds. The number of anilines is 3. The number of rotatable bonds is 2. The predicted octanol–water partition coefficient (Wildman–Crippen LogP) is 4.82. The fourth-order valence-electron chi connectivity index (χ4n) is 1.58. The molecule has 0 aliphatic heterocycles. The molecule has 0 unspecified atom stereocenters. The summed E-state index contributed by atoms with van der Waals surface area (Å²) in [6, 6.07) is 7.88. The Morgan fingerprint density at radius 2 is 2.06 bits per heavy atom. The maximum atomic E-state index is 6.04. The summed E-state index contributed by atoms with van der Waals surface area (Å²) in [4.78, 5) is 2.06. The van der Waals surface area contributed by atoms with E-state index in [1.54, 1.807) is 17.4 Å². The molecule has 1 aromatic carbocycles. The number of aryl methyl sites for hydroxylation is 1. The second-order valence-electron chi connectivity index (χ2n) is 3.80. The van der Waals surface area contributed by atoms with E-state index in [0.717, 1.165) is 20.0 Å². The van der Waals surface area contributed by atoms with Crippen molar-refractivity contribution in [2.24, 2.45) is 0 Å². The summed E-state index contributed by atoms with van der Waals surface area (Å²) in [5.74, 6) is 0. The minimum atomic E-state index is 0.688. The fraction of sp³-hybridized carbons (Fsp3) is 0.167. The largest absolute Gasteiger partial charge is 0.397 e. The Kier molecular flexibility index (Phi) is 3.66. The molecule has 1 aromatic heterocycles. The molecule has 0 spiro atoms. The van der Waals surface area contributed by atoms with E-state index >= 15 is 0 Å². The standard InChI is InChI=1S/C12H12BrClN2S/c1-7-5-10(9(15)6-8(7)14)16(2)12-4-3-11(13)17-12/h3-6H,15H2,1-2H3. The van der Waals surface area contributed by atoms with Crippen molar-refractivity contribution in [3.05, 3.63) is 38.6 Å². The Balaban J connectivity index is 2.43. The third-order valence-corrected chi connectivity index (χ3v) is 4.67. The first-order chi connectivity index (χ1) is 7.99. The molecule has 0 bridgehead atoms. The molecule has 2 aromatic rings. The highest BCUT2D eigenvalue weighted by Crippen LogP contribution is 2.37. The van der Waals surface area contributed by atoms with Gasteiger partial charge in [0, 0.05) is 12.1 Å². The van der Waals surface area contributed by atoms with E-state index in [4.69, 9.17) is 17.3 Å². The van der Waals surface area contributed by atoms with Gasteiger partial charge in [-0.15, -0.1) is 11.3 Å². The quantitative estimate of drug-likeness (QED) is 0.799. The van der Waals surface area contributed by atoms with Gasteiger partial charge in [-0.25, -0.2) is 0 Å². The van der Waals surface area contributed by atoms with Crippen LogP contribution in [0.25, 0.3) is 0 Å². The van der Waals surface area contributed by atoms with Crippen molar-refractivity contribution in [1.82, 2.24) is 0 Å². The van der Waals surface area contributed by atoms with E-state index < -0.39 is 0 Å². The second kappa shape index (κ2) is 4.88. The summed E-state index contributed by atoms with van der Waals surface area (Å²) in [5.41, 5.74) is 8.69. The lowest BCUT2D eigenvalue weighted by molar-refractivity contribution is 1.23. The van der Waals surface area contributed by atoms with Crippen molar-refractivity contribution in [1.29, 1.82) is 0 Å². The summed E-state index contributed by atoms with van der Waals surface area (Å²) >= 11 is 11.2. The van der Waals surface area contributed by atoms with Gasteiger partial charge < -0.3 is 10.6 Å². The van der Waals surface area contributed by atoms with Gasteiger partial charge in [-0.05, 0) is 52.7 Å². The number of nitrogens with zero attached hydrogens (tertiary/aromatic N) is 1. The van der Waals surface area contributed by atoms with Gasteiger partial charge in [0.1, 0.15) is 0 Å². The number of thiophene rings is 1. The third-order valence-electron chi connectivity index (χ3n) is 2.56. The van der Waals surface area contributed by atoms with E-state index in [1.807, 2.05) is 26.1 Å². The number of hydrogen-bond donors (Lipinski definition) is 1. The molecule has 2 rings (SSSR count). The zero-order chi connectivity index (χ0) is 12.6. The van der Waals surface area contributed by atoms with Gasteiger partial charge in [-0.1, -0.05) is 11.6 Å². The molecule has 90 valence electrons. The molecule has 0 aliphatic carbocycles. The van der Waals surface area contributed by atoms with Gasteiger partial charge in [-0.2, -0.15) is 0 Å². The molecule has 17 heavy (non-hydrogen) atoms. The first-order valence-electron chi connectivity index (χ1n) is 5.03. The molecular formula is C12H12BrClN2S. The minimum Gasteiger partial charge on any atom is -0.397 e. The number of benzene rings is 1. The average molecular weight is 332 g/mol. The molecule has 0 saturated carbocycles. The number of nitrogen functional groups attached to an aromatic ring is 1. The van der Waals surface area contributed by atoms with E-state index in [2.05, 4.69) is 26.9 Å². The average Bonchev–Trinajstić information content (AvgIpc) is 2.69. The highest BCUT2D eigenvalue weighted by Gasteiger charge is 2.11. The van der Waals surface area contributed by atoms with Crippen molar-refractivity contribution in [2.45, 2.75) is 6.92 Å². The SMILES string of the molecule is Cc1cc(N(C)c2ccc(Br)s2)c(N)cc1Cl. The van der Waals surface area contributed by atoms with Crippen LogP contribution >= 0.6 is 38.9 Å². The first kappa shape index (κ1) is 12.7. The van der Waals surface area contributed by atoms with Crippen molar-refractivity contribution in [3.8, 4) is 0 Å². The Bertz CT molecular complexity index is 553. The molecule has 5 heteroatoms. The molecule has 0 aliphatic rings. The van der Waals surface area contributed by atoms with E-state index in [1.165, 1.54) is 0 Å². The van der Waals surface area contributed by atoms with Crippen LogP contribution in [0.4, 0.5) is 16.4 Å². The van der Waals surface area contributed by atoms with Crippen molar-refractivity contribution in [3.63, 3.8) is 0 Å². The third kappa shape index (κ3) is 2.59. The maximum absolute atomic E-state index is 6.04. The molecule has 0 saturated heterocycles. The maximum Gasteiger partial charge on any atom is 0.0962 e. The van der Waals surface area contributed by atoms with Gasteiger partial charge in [0.2, 0.25) is 0 Å². The number of hydrogen-bond acceptors (Lipinski definition) is 3. The molecule has 0 atom stereocenters. The van der Waals surface area contributed by atoms with Crippen LogP contribution in [0.1, 0.15) is 5.56 Å². The lowest BCUT2D eigenvalue weighted by Crippen LogP contribution is -2.10. The molecule has 2 N–H and O–H groups in total. The van der Waals surface area contributed by atoms with Gasteiger partial charge >= 0.3 is 0 Å². The van der Waals surface area contributed by atoms with E-state index in [0.29, 0.717) is 10.7 Å². The van der Waals surface area contributed by atoms with E-state index in [9.17, 15) is 0 Å². The summed E-state index contributed by atoms with van der Waals surface area (Å²) in [7, 11) is 2.00. The molecule has 0 radical (unpaired) electrons. The molecule has 2 nitrogen and oxygen atoms in total. The van der Waals surface area contributed by atoms with Crippen LogP contribution in [0.2, 0.25) is 5.02 Å². The van der Waals surface area contributed by atoms with Gasteiger partial charge in [0.05, 0.1) is 20.2 Å². The predicted molar refractivity (Wildman–Crippen MR) is 80.7 cm³/mol. The van der Waals surface area contributed by atoms with Crippen LogP contribution in [0.5, 0.6) is 0 Å². The van der Waals surface area contributed by atoms with Crippen LogP contribution < -0.4 is 10.6 Å². The second-order valence-corrected chi connectivity index (χ2v) is 6.65. The monoisotopic (exact) mass is 330 g/mol. The van der Waals surface area contributed by atoms with Crippen LogP contribution in [0.3, 0.4) is 0 Å². The molecule has 0 fully saturated rings. The molecule has 1 heterocycles. The summed E-state index contributed by atoms with van der Waals surface area (Å²) in [5, 5.41) is 1.83. The van der Waals surface area contributed by atoms with Crippen molar-refractivity contribution < 1.29 is 0 Å². The summed E-state index contributed by atoms with van der Waals surface area (Å²) in [6.07, 6.45) is 0. The Morgan fingerprint density at radius 1 is 1.35 bits per heavy atom. The van der Waals surface area contributed by atoms with Gasteiger partial charge in [0.25, 0.3) is 0 Å². The van der Waals surface area contributed by atoms with Crippen molar-refractivity contribution in [2.75, 3.05) is 17.7 Å². The lowest BCUT2D eigenvalue weighted by atomic mass is 10.2. The van der Waals surface area contributed by atoms with Crippen LogP contribution in [-0.2, 0) is 0 Å². The number of nitrogens with two attached hydrogens (primary N) is 1. The summed E-state index contributed by atoms with van der Waals surface area (Å²) in [6.45, 7) is 1.98. The smallest absolute Gasteiger partial charge is 0.0962 e. The van der Waals surface area contributed by atoms with Crippen LogP contribution in [0, 0.1) is 6.92 Å². The normalized spacial score (nSPS) is 10.6. The Labute approximate surface area is 118 Å². The highest BCUT2D eigenvalue weighted by molar-refractivity contribution is 9.11. The topological polar surface area (TPSA) is 29.3 Å². The zero-order valence-electron chi connectivity index (χ0n) is 9.50. The van der Waals surface area contributed by atoms with Crippen LogP contribution in [-0.4, -0.2) is 7.05 Å². The highest BCUT2D eigenvalue weighted by atomic mass is 79.9. The van der Waals surface area contributed by atoms with E-state index in [-0.39, 0.29) is 0 Å².